The summed E-state index contributed by atoms with van der Waals surface area (Å²) in [5.41, 5.74) is 1.36. The van der Waals surface area contributed by atoms with Gasteiger partial charge in [-0.1, -0.05) is 12.1 Å². The zero-order valence-corrected chi connectivity index (χ0v) is 14.2. The van der Waals surface area contributed by atoms with Gasteiger partial charge in [0, 0.05) is 4.88 Å². The first-order valence-corrected chi connectivity index (χ1v) is 8.81. The highest BCUT2D eigenvalue weighted by atomic mass is 32.1. The summed E-state index contributed by atoms with van der Waals surface area (Å²) >= 11 is 1.39. The molecule has 1 aliphatic carbocycles. The SMILES string of the molecule is CCOC(=O)c1c(NC(=O)c2ccccc2F)sc2c1CCCC2. The summed E-state index contributed by atoms with van der Waals surface area (Å²) in [6.45, 7) is 2.01. The Balaban J connectivity index is 1.95. The summed E-state index contributed by atoms with van der Waals surface area (Å²) in [4.78, 5) is 25.8. The second kappa shape index (κ2) is 7.13. The molecule has 24 heavy (non-hydrogen) atoms. The summed E-state index contributed by atoms with van der Waals surface area (Å²) in [5.74, 6) is -1.58. The first-order chi connectivity index (χ1) is 11.6. The van der Waals surface area contributed by atoms with Crippen molar-refractivity contribution in [1.29, 1.82) is 0 Å². The van der Waals surface area contributed by atoms with E-state index in [0.29, 0.717) is 10.6 Å². The number of rotatable bonds is 4. The second-order valence-corrected chi connectivity index (χ2v) is 6.67. The minimum Gasteiger partial charge on any atom is -0.462 e. The van der Waals surface area contributed by atoms with Crippen LogP contribution in [-0.2, 0) is 17.6 Å². The first kappa shape index (κ1) is 16.6. The molecule has 1 heterocycles. The van der Waals surface area contributed by atoms with Crippen LogP contribution < -0.4 is 5.32 Å². The second-order valence-electron chi connectivity index (χ2n) is 5.57. The molecule has 0 saturated carbocycles. The molecule has 1 amide bonds. The maximum absolute atomic E-state index is 13.8. The third-order valence-electron chi connectivity index (χ3n) is 4.00. The molecule has 0 radical (unpaired) electrons. The van der Waals surface area contributed by atoms with Crippen molar-refractivity contribution < 1.29 is 18.7 Å². The van der Waals surface area contributed by atoms with Gasteiger partial charge in [0.25, 0.3) is 5.91 Å². The van der Waals surface area contributed by atoms with Crippen molar-refractivity contribution in [2.24, 2.45) is 0 Å². The highest BCUT2D eigenvalue weighted by Crippen LogP contribution is 2.38. The Morgan fingerprint density at radius 2 is 2.00 bits per heavy atom. The molecule has 0 spiro atoms. The van der Waals surface area contributed by atoms with Crippen LogP contribution in [0.5, 0.6) is 0 Å². The number of nitrogens with one attached hydrogen (secondary N) is 1. The average Bonchev–Trinajstić information content (AvgIpc) is 2.93. The smallest absolute Gasteiger partial charge is 0.341 e. The van der Waals surface area contributed by atoms with Crippen LogP contribution in [0.1, 0.15) is 50.9 Å². The monoisotopic (exact) mass is 347 g/mol. The molecule has 2 aromatic rings. The number of ether oxygens (including phenoxy) is 1. The number of anilines is 1. The van der Waals surface area contributed by atoms with Crippen molar-refractivity contribution >= 4 is 28.2 Å². The molecule has 1 N–H and O–H groups in total. The largest absolute Gasteiger partial charge is 0.462 e. The van der Waals surface area contributed by atoms with Crippen LogP contribution >= 0.6 is 11.3 Å². The number of hydrogen-bond acceptors (Lipinski definition) is 4. The minimum atomic E-state index is -0.589. The fourth-order valence-corrected chi connectivity index (χ4v) is 4.16. The number of carbonyl (C=O) groups is 2. The van der Waals surface area contributed by atoms with E-state index in [1.54, 1.807) is 13.0 Å². The topological polar surface area (TPSA) is 55.4 Å². The Kier molecular flexibility index (Phi) is 4.94. The minimum absolute atomic E-state index is 0.0429. The number of amides is 1. The van der Waals surface area contributed by atoms with Crippen LogP contribution in [0.3, 0.4) is 0 Å². The Labute approximate surface area is 143 Å². The van der Waals surface area contributed by atoms with Crippen molar-refractivity contribution in [3.05, 3.63) is 51.7 Å². The van der Waals surface area contributed by atoms with E-state index >= 15 is 0 Å². The van der Waals surface area contributed by atoms with Gasteiger partial charge in [0.2, 0.25) is 0 Å². The van der Waals surface area contributed by atoms with E-state index in [4.69, 9.17) is 4.74 Å². The highest BCUT2D eigenvalue weighted by Gasteiger charge is 2.27. The van der Waals surface area contributed by atoms with Crippen molar-refractivity contribution in [3.63, 3.8) is 0 Å². The standard InChI is InChI=1S/C18H18FNO3S/c1-2-23-18(22)15-12-8-4-6-10-14(12)24-17(15)20-16(21)11-7-3-5-9-13(11)19/h3,5,7,9H,2,4,6,8,10H2,1H3,(H,20,21). The molecular weight excluding hydrogens is 329 g/mol. The van der Waals surface area contributed by atoms with E-state index in [9.17, 15) is 14.0 Å². The lowest BCUT2D eigenvalue weighted by atomic mass is 9.95. The molecule has 0 atom stereocenters. The predicted octanol–water partition coefficient (Wildman–Crippen LogP) is 4.20. The molecule has 1 aromatic carbocycles. The molecule has 0 aliphatic heterocycles. The number of benzene rings is 1. The van der Waals surface area contributed by atoms with E-state index in [1.165, 1.54) is 29.5 Å². The summed E-state index contributed by atoms with van der Waals surface area (Å²) in [5, 5.41) is 3.16. The third-order valence-corrected chi connectivity index (χ3v) is 5.20. The molecule has 6 heteroatoms. The van der Waals surface area contributed by atoms with Crippen LogP contribution in [0.4, 0.5) is 9.39 Å². The van der Waals surface area contributed by atoms with E-state index in [1.807, 2.05) is 0 Å². The third kappa shape index (κ3) is 3.19. The summed E-state index contributed by atoms with van der Waals surface area (Å²) in [6.07, 6.45) is 3.77. The molecule has 1 aliphatic rings. The zero-order chi connectivity index (χ0) is 17.1. The molecular formula is C18H18FNO3S. The molecule has 4 nitrogen and oxygen atoms in total. The predicted molar refractivity (Wildman–Crippen MR) is 91.3 cm³/mol. The van der Waals surface area contributed by atoms with Crippen LogP contribution in [0.2, 0.25) is 0 Å². The number of carbonyl (C=O) groups excluding carboxylic acids is 2. The first-order valence-electron chi connectivity index (χ1n) is 7.99. The quantitative estimate of drug-likeness (QED) is 0.844. The number of hydrogen-bond donors (Lipinski definition) is 1. The van der Waals surface area contributed by atoms with Crippen molar-refractivity contribution in [1.82, 2.24) is 0 Å². The van der Waals surface area contributed by atoms with Crippen molar-refractivity contribution in [2.45, 2.75) is 32.6 Å². The molecule has 0 fully saturated rings. The maximum Gasteiger partial charge on any atom is 0.341 e. The molecule has 126 valence electrons. The maximum atomic E-state index is 13.8. The lowest BCUT2D eigenvalue weighted by Gasteiger charge is -2.12. The number of esters is 1. The van der Waals surface area contributed by atoms with Crippen molar-refractivity contribution in [2.75, 3.05) is 11.9 Å². The molecule has 0 bridgehead atoms. The summed E-state index contributed by atoms with van der Waals surface area (Å²) in [7, 11) is 0. The van der Waals surface area contributed by atoms with E-state index < -0.39 is 17.7 Å². The van der Waals surface area contributed by atoms with Crippen LogP contribution in [0.25, 0.3) is 0 Å². The molecule has 3 rings (SSSR count). The Morgan fingerprint density at radius 3 is 2.75 bits per heavy atom. The molecule has 0 unspecified atom stereocenters. The average molecular weight is 347 g/mol. The number of halogens is 1. The number of thiophene rings is 1. The number of fused-ring (bicyclic) bond motifs is 1. The fraction of sp³-hybridized carbons (Fsp3) is 0.333. The van der Waals surface area contributed by atoms with E-state index in [2.05, 4.69) is 5.32 Å². The van der Waals surface area contributed by atoms with Gasteiger partial charge in [-0.2, -0.15) is 0 Å². The Bertz CT molecular complexity index is 785. The van der Waals surface area contributed by atoms with Gasteiger partial charge in [0.05, 0.1) is 17.7 Å². The van der Waals surface area contributed by atoms with Crippen LogP contribution in [-0.4, -0.2) is 18.5 Å². The fourth-order valence-electron chi connectivity index (χ4n) is 2.89. The van der Waals surface area contributed by atoms with Crippen molar-refractivity contribution in [3.8, 4) is 0 Å². The normalized spacial score (nSPS) is 13.2. The summed E-state index contributed by atoms with van der Waals surface area (Å²) in [6, 6.07) is 5.78. The van der Waals surface area contributed by atoms with Crippen LogP contribution in [0.15, 0.2) is 24.3 Å². The molecule has 1 aromatic heterocycles. The Morgan fingerprint density at radius 1 is 1.25 bits per heavy atom. The van der Waals surface area contributed by atoms with Gasteiger partial charge in [0.15, 0.2) is 0 Å². The lowest BCUT2D eigenvalue weighted by molar-refractivity contribution is 0.0526. The summed E-state index contributed by atoms with van der Waals surface area (Å²) < 4.78 is 18.9. The number of aryl methyl sites for hydroxylation is 1. The highest BCUT2D eigenvalue weighted by molar-refractivity contribution is 7.17. The molecule has 0 saturated heterocycles. The van der Waals surface area contributed by atoms with Gasteiger partial charge in [-0.15, -0.1) is 11.3 Å². The van der Waals surface area contributed by atoms with Gasteiger partial charge in [-0.05, 0) is 50.3 Å². The van der Waals surface area contributed by atoms with Gasteiger partial charge in [0.1, 0.15) is 10.8 Å². The van der Waals surface area contributed by atoms with Crippen LogP contribution in [0, 0.1) is 5.82 Å². The van der Waals surface area contributed by atoms with E-state index in [-0.39, 0.29) is 12.2 Å². The zero-order valence-electron chi connectivity index (χ0n) is 13.4. The van der Waals surface area contributed by atoms with Gasteiger partial charge in [-0.3, -0.25) is 4.79 Å². The van der Waals surface area contributed by atoms with Gasteiger partial charge >= 0.3 is 5.97 Å². The lowest BCUT2D eigenvalue weighted by Crippen LogP contribution is -2.16. The van der Waals surface area contributed by atoms with Gasteiger partial charge in [-0.25, -0.2) is 9.18 Å². The Hall–Kier alpha value is -2.21. The van der Waals surface area contributed by atoms with E-state index in [0.717, 1.165) is 36.1 Å². The van der Waals surface area contributed by atoms with Gasteiger partial charge < -0.3 is 10.1 Å².